The normalized spacial score (nSPS) is 13.2. The van der Waals surface area contributed by atoms with Crippen molar-refractivity contribution in [2.24, 2.45) is 0 Å². The highest BCUT2D eigenvalue weighted by molar-refractivity contribution is 6.11. The Kier molecular flexibility index (Phi) is 5.41. The first kappa shape index (κ1) is 21.9. The molecule has 180 valence electrons. The molecule has 5 aromatic rings. The quantitative estimate of drug-likeness (QED) is 0.368. The first-order valence-corrected chi connectivity index (χ1v) is 11.9. The van der Waals surface area contributed by atoms with Crippen molar-refractivity contribution in [2.75, 3.05) is 12.5 Å². The number of fused-ring (bicyclic) bond motifs is 3. The number of benzene rings is 3. The molecule has 3 aromatic carbocycles. The maximum atomic E-state index is 13.6. The molecule has 8 heteroatoms. The molecule has 1 aliphatic rings. The smallest absolute Gasteiger partial charge is 0.257 e. The Bertz CT molecular complexity index is 1600. The molecule has 1 amide bonds. The van der Waals surface area contributed by atoms with Gasteiger partial charge in [0.15, 0.2) is 17.1 Å². The average molecular weight is 480 g/mol. The van der Waals surface area contributed by atoms with Crippen molar-refractivity contribution >= 4 is 33.9 Å². The molecule has 1 atom stereocenters. The fourth-order valence-electron chi connectivity index (χ4n) is 4.57. The SMILES string of the molecule is C[C@@H](CCc1ccccc1)NC(=O)c1c(N)n(-c2ccc3c(c2)OCO3)c2nc3ccccc3nc12. The van der Waals surface area contributed by atoms with Crippen LogP contribution >= 0.6 is 0 Å². The topological polar surface area (TPSA) is 104 Å². The minimum Gasteiger partial charge on any atom is -0.454 e. The fourth-order valence-corrected chi connectivity index (χ4v) is 4.57. The second kappa shape index (κ2) is 8.88. The lowest BCUT2D eigenvalue weighted by molar-refractivity contribution is 0.0941. The van der Waals surface area contributed by atoms with Gasteiger partial charge in [0.05, 0.1) is 16.7 Å². The third kappa shape index (κ3) is 3.86. The number of nitrogens with zero attached hydrogens (tertiary/aromatic N) is 3. The number of nitrogen functional groups attached to an aromatic ring is 1. The molecule has 0 saturated carbocycles. The van der Waals surface area contributed by atoms with E-state index in [1.165, 1.54) is 5.56 Å². The molecule has 0 bridgehead atoms. The second-order valence-corrected chi connectivity index (χ2v) is 8.92. The number of anilines is 1. The van der Waals surface area contributed by atoms with E-state index in [4.69, 9.17) is 25.2 Å². The highest BCUT2D eigenvalue weighted by Crippen LogP contribution is 2.37. The first-order valence-electron chi connectivity index (χ1n) is 11.9. The summed E-state index contributed by atoms with van der Waals surface area (Å²) in [6, 6.07) is 23.2. The summed E-state index contributed by atoms with van der Waals surface area (Å²) >= 11 is 0. The summed E-state index contributed by atoms with van der Waals surface area (Å²) < 4.78 is 12.8. The molecule has 6 rings (SSSR count). The molecular weight excluding hydrogens is 454 g/mol. The number of rotatable bonds is 6. The number of aromatic nitrogens is 3. The van der Waals surface area contributed by atoms with Gasteiger partial charge in [-0.25, -0.2) is 9.97 Å². The zero-order valence-electron chi connectivity index (χ0n) is 19.8. The highest BCUT2D eigenvalue weighted by atomic mass is 16.7. The summed E-state index contributed by atoms with van der Waals surface area (Å²) in [7, 11) is 0. The van der Waals surface area contributed by atoms with Gasteiger partial charge < -0.3 is 20.5 Å². The number of nitrogens with two attached hydrogens (primary N) is 1. The zero-order chi connectivity index (χ0) is 24.6. The highest BCUT2D eigenvalue weighted by Gasteiger charge is 2.26. The van der Waals surface area contributed by atoms with Crippen LogP contribution in [0.1, 0.15) is 29.3 Å². The summed E-state index contributed by atoms with van der Waals surface area (Å²) in [6.07, 6.45) is 1.66. The number of aryl methyl sites for hydroxylation is 1. The lowest BCUT2D eigenvalue weighted by atomic mass is 10.1. The number of nitrogens with one attached hydrogen (secondary N) is 1. The number of carbonyl (C=O) groups is 1. The van der Waals surface area contributed by atoms with Gasteiger partial charge in [0.1, 0.15) is 16.9 Å². The van der Waals surface area contributed by atoms with Crippen molar-refractivity contribution in [1.29, 1.82) is 0 Å². The molecule has 1 aliphatic heterocycles. The summed E-state index contributed by atoms with van der Waals surface area (Å²) in [5, 5.41) is 3.11. The van der Waals surface area contributed by atoms with E-state index in [0.717, 1.165) is 12.8 Å². The van der Waals surface area contributed by atoms with E-state index in [1.54, 1.807) is 4.57 Å². The van der Waals surface area contributed by atoms with Gasteiger partial charge in [0.2, 0.25) is 6.79 Å². The fraction of sp³-hybridized carbons (Fsp3) is 0.179. The Morgan fingerprint density at radius 3 is 2.53 bits per heavy atom. The Hall–Kier alpha value is -4.59. The lowest BCUT2D eigenvalue weighted by Gasteiger charge is -2.14. The van der Waals surface area contributed by atoms with E-state index in [2.05, 4.69) is 17.4 Å². The van der Waals surface area contributed by atoms with Gasteiger partial charge in [-0.3, -0.25) is 9.36 Å². The van der Waals surface area contributed by atoms with Crippen molar-refractivity contribution in [2.45, 2.75) is 25.8 Å². The van der Waals surface area contributed by atoms with Crippen LogP contribution in [0.5, 0.6) is 11.5 Å². The molecule has 0 aliphatic carbocycles. The Balaban J connectivity index is 1.40. The van der Waals surface area contributed by atoms with Crippen LogP contribution in [0.25, 0.3) is 27.9 Å². The van der Waals surface area contributed by atoms with Gasteiger partial charge in [-0.15, -0.1) is 0 Å². The monoisotopic (exact) mass is 479 g/mol. The van der Waals surface area contributed by atoms with Crippen LogP contribution in [-0.4, -0.2) is 33.3 Å². The van der Waals surface area contributed by atoms with E-state index in [-0.39, 0.29) is 24.6 Å². The lowest BCUT2D eigenvalue weighted by Crippen LogP contribution is -2.33. The van der Waals surface area contributed by atoms with E-state index in [0.29, 0.717) is 44.9 Å². The number of ether oxygens (including phenoxy) is 2. The van der Waals surface area contributed by atoms with Crippen LogP contribution < -0.4 is 20.5 Å². The van der Waals surface area contributed by atoms with Crippen molar-refractivity contribution in [1.82, 2.24) is 19.9 Å². The molecule has 0 spiro atoms. The van der Waals surface area contributed by atoms with Gasteiger partial charge in [-0.1, -0.05) is 42.5 Å². The molecule has 0 fully saturated rings. The molecule has 36 heavy (non-hydrogen) atoms. The molecule has 3 heterocycles. The second-order valence-electron chi connectivity index (χ2n) is 8.92. The number of hydrogen-bond acceptors (Lipinski definition) is 6. The molecule has 0 radical (unpaired) electrons. The van der Waals surface area contributed by atoms with Gasteiger partial charge in [-0.05, 0) is 49.6 Å². The minimum atomic E-state index is -0.276. The average Bonchev–Trinajstić information content (AvgIpc) is 3.47. The van der Waals surface area contributed by atoms with Crippen molar-refractivity contribution in [3.63, 3.8) is 0 Å². The van der Waals surface area contributed by atoms with Crippen LogP contribution in [0.15, 0.2) is 72.8 Å². The van der Waals surface area contributed by atoms with E-state index in [1.807, 2.05) is 67.6 Å². The standard InChI is InChI=1S/C28H25N5O3/c1-17(11-12-18-7-3-2-4-8-18)30-28(34)24-25-27(32-21-10-6-5-9-20(21)31-25)33(26(24)29)19-13-14-22-23(15-19)36-16-35-22/h2-10,13-15,17H,11-12,16,29H2,1H3,(H,30,34)/t17-/m0/s1. The van der Waals surface area contributed by atoms with Crippen LogP contribution in [-0.2, 0) is 6.42 Å². The van der Waals surface area contributed by atoms with Crippen LogP contribution in [0.3, 0.4) is 0 Å². The van der Waals surface area contributed by atoms with E-state index in [9.17, 15) is 4.79 Å². The van der Waals surface area contributed by atoms with Gasteiger partial charge in [0, 0.05) is 12.1 Å². The number of amides is 1. The molecule has 0 saturated heterocycles. The molecule has 8 nitrogen and oxygen atoms in total. The van der Waals surface area contributed by atoms with Crippen molar-refractivity contribution < 1.29 is 14.3 Å². The predicted octanol–water partition coefficient (Wildman–Crippen LogP) is 4.64. The zero-order valence-corrected chi connectivity index (χ0v) is 19.8. The number of carbonyl (C=O) groups excluding carboxylic acids is 1. The molecule has 3 N–H and O–H groups in total. The maximum absolute atomic E-state index is 13.6. The maximum Gasteiger partial charge on any atom is 0.257 e. The van der Waals surface area contributed by atoms with Crippen LogP contribution in [0, 0.1) is 0 Å². The number of para-hydroxylation sites is 2. The van der Waals surface area contributed by atoms with Gasteiger partial charge in [-0.2, -0.15) is 0 Å². The summed E-state index contributed by atoms with van der Waals surface area (Å²) in [5.74, 6) is 1.27. The summed E-state index contributed by atoms with van der Waals surface area (Å²) in [5.41, 5.74) is 11.3. The van der Waals surface area contributed by atoms with Crippen molar-refractivity contribution in [3.8, 4) is 17.2 Å². The van der Waals surface area contributed by atoms with Crippen LogP contribution in [0.4, 0.5) is 5.82 Å². The number of hydrogen-bond donors (Lipinski definition) is 2. The predicted molar refractivity (Wildman–Crippen MR) is 139 cm³/mol. The third-order valence-corrected chi connectivity index (χ3v) is 6.43. The Labute approximate surface area is 207 Å². The first-order chi connectivity index (χ1) is 17.6. The Morgan fingerprint density at radius 2 is 1.72 bits per heavy atom. The largest absolute Gasteiger partial charge is 0.454 e. The van der Waals surface area contributed by atoms with Gasteiger partial charge >= 0.3 is 0 Å². The molecule has 2 aromatic heterocycles. The Morgan fingerprint density at radius 1 is 1.00 bits per heavy atom. The van der Waals surface area contributed by atoms with Crippen molar-refractivity contribution in [3.05, 3.63) is 83.9 Å². The van der Waals surface area contributed by atoms with E-state index >= 15 is 0 Å². The van der Waals surface area contributed by atoms with E-state index < -0.39 is 0 Å². The third-order valence-electron chi connectivity index (χ3n) is 6.43. The molecule has 0 unspecified atom stereocenters. The minimum absolute atomic E-state index is 0.0607. The van der Waals surface area contributed by atoms with Crippen LogP contribution in [0.2, 0.25) is 0 Å². The molecular formula is C28H25N5O3. The summed E-state index contributed by atoms with van der Waals surface area (Å²) in [6.45, 7) is 2.16. The van der Waals surface area contributed by atoms with Gasteiger partial charge in [0.25, 0.3) is 5.91 Å². The summed E-state index contributed by atoms with van der Waals surface area (Å²) in [4.78, 5) is 23.2.